The fourth-order valence-corrected chi connectivity index (χ4v) is 1.36. The van der Waals surface area contributed by atoms with Crippen LogP contribution in [0.4, 0.5) is 13.2 Å². The normalized spacial score (nSPS) is 11.6. The first-order chi connectivity index (χ1) is 8.38. The first-order valence-corrected chi connectivity index (χ1v) is 5.04. The summed E-state index contributed by atoms with van der Waals surface area (Å²) in [6.07, 6.45) is -2.31. The lowest BCUT2D eigenvalue weighted by molar-refractivity contribution is -0.0887. The molecule has 2 aromatic rings. The highest BCUT2D eigenvalue weighted by Gasteiger charge is 2.40. The number of Topliss-reactive ketones (excluding diaryl/α,β-unsaturated/α-hetero) is 1. The number of carbonyl (C=O) groups is 1. The maximum Gasteiger partial charge on any atom is 0.456 e. The fraction of sp³-hybridized carbons (Fsp3) is 0.100. The maximum absolute atomic E-state index is 12.2. The number of carbonyl (C=O) groups excluding carboxylic acids is 1. The standard InChI is InChI=1S/C10H5ClF3N3O/c11-5-3-15-9(16-4-5)7-2-1-6(17-7)8(18)10(12,13)14/h1-4,17H. The quantitative estimate of drug-likeness (QED) is 0.857. The highest BCUT2D eigenvalue weighted by Crippen LogP contribution is 2.23. The zero-order valence-electron chi connectivity index (χ0n) is 8.62. The van der Waals surface area contributed by atoms with Gasteiger partial charge in [0.15, 0.2) is 5.82 Å². The number of halogens is 4. The third-order valence-electron chi connectivity index (χ3n) is 2.05. The summed E-state index contributed by atoms with van der Waals surface area (Å²) in [5.74, 6) is -1.79. The average Bonchev–Trinajstić information content (AvgIpc) is 2.77. The summed E-state index contributed by atoms with van der Waals surface area (Å²) in [5, 5.41) is 0.303. The van der Waals surface area contributed by atoms with Crippen LogP contribution in [0, 0.1) is 0 Å². The molecule has 0 aliphatic rings. The number of aromatic nitrogens is 3. The van der Waals surface area contributed by atoms with Gasteiger partial charge in [-0.3, -0.25) is 4.79 Å². The summed E-state index contributed by atoms with van der Waals surface area (Å²) >= 11 is 5.58. The molecule has 0 aliphatic heterocycles. The zero-order valence-corrected chi connectivity index (χ0v) is 9.38. The summed E-state index contributed by atoms with van der Waals surface area (Å²) in [6, 6.07) is 2.32. The first-order valence-electron chi connectivity index (χ1n) is 4.66. The van der Waals surface area contributed by atoms with Crippen molar-refractivity contribution in [3.63, 3.8) is 0 Å². The van der Waals surface area contributed by atoms with Crippen LogP contribution in [-0.4, -0.2) is 26.9 Å². The van der Waals surface area contributed by atoms with E-state index in [0.717, 1.165) is 6.07 Å². The van der Waals surface area contributed by atoms with Crippen molar-refractivity contribution in [2.75, 3.05) is 0 Å². The van der Waals surface area contributed by atoms with Gasteiger partial charge in [0.25, 0.3) is 5.78 Å². The molecule has 2 heterocycles. The fourth-order valence-electron chi connectivity index (χ4n) is 1.26. The van der Waals surface area contributed by atoms with Crippen molar-refractivity contribution in [3.05, 3.63) is 35.2 Å². The van der Waals surface area contributed by atoms with Crippen LogP contribution >= 0.6 is 11.6 Å². The number of nitrogens with zero attached hydrogens (tertiary/aromatic N) is 2. The largest absolute Gasteiger partial charge is 0.456 e. The SMILES string of the molecule is O=C(c1ccc(-c2ncc(Cl)cn2)[nH]1)C(F)(F)F. The van der Waals surface area contributed by atoms with E-state index in [1.54, 1.807) is 0 Å². The van der Waals surface area contributed by atoms with E-state index in [2.05, 4.69) is 15.0 Å². The number of alkyl halides is 3. The second-order valence-electron chi connectivity index (χ2n) is 3.34. The van der Waals surface area contributed by atoms with E-state index in [4.69, 9.17) is 11.6 Å². The van der Waals surface area contributed by atoms with E-state index in [1.807, 2.05) is 0 Å². The van der Waals surface area contributed by atoms with Crippen molar-refractivity contribution in [2.24, 2.45) is 0 Å². The smallest absolute Gasteiger partial charge is 0.349 e. The van der Waals surface area contributed by atoms with Gasteiger partial charge >= 0.3 is 6.18 Å². The van der Waals surface area contributed by atoms with Gasteiger partial charge in [0, 0.05) is 12.4 Å². The van der Waals surface area contributed by atoms with Crippen LogP contribution in [0.25, 0.3) is 11.5 Å². The van der Waals surface area contributed by atoms with E-state index < -0.39 is 17.7 Å². The molecule has 0 atom stereocenters. The monoisotopic (exact) mass is 275 g/mol. The summed E-state index contributed by atoms with van der Waals surface area (Å²) in [6.45, 7) is 0. The number of rotatable bonds is 2. The molecule has 0 saturated heterocycles. The minimum atomic E-state index is -4.91. The van der Waals surface area contributed by atoms with Gasteiger partial charge in [-0.15, -0.1) is 0 Å². The van der Waals surface area contributed by atoms with E-state index in [1.165, 1.54) is 18.5 Å². The van der Waals surface area contributed by atoms with Crippen LogP contribution in [-0.2, 0) is 0 Å². The Hall–Kier alpha value is -1.89. The molecule has 2 rings (SSSR count). The van der Waals surface area contributed by atoms with Gasteiger partial charge < -0.3 is 4.98 Å². The molecule has 0 saturated carbocycles. The number of aromatic amines is 1. The molecule has 0 amide bonds. The summed E-state index contributed by atoms with van der Waals surface area (Å²) in [7, 11) is 0. The maximum atomic E-state index is 12.2. The zero-order chi connectivity index (χ0) is 13.3. The predicted octanol–water partition coefficient (Wildman–Crippen LogP) is 2.87. The molecule has 2 aromatic heterocycles. The Labute approximate surface area is 104 Å². The first kappa shape index (κ1) is 12.6. The van der Waals surface area contributed by atoms with Crippen molar-refractivity contribution in [1.82, 2.24) is 15.0 Å². The second kappa shape index (κ2) is 4.41. The van der Waals surface area contributed by atoms with Crippen molar-refractivity contribution in [3.8, 4) is 11.5 Å². The molecule has 0 radical (unpaired) electrons. The Kier molecular flexibility index (Phi) is 3.08. The number of hydrogen-bond donors (Lipinski definition) is 1. The third kappa shape index (κ3) is 2.51. The Morgan fingerprint density at radius 2 is 1.83 bits per heavy atom. The molecule has 8 heteroatoms. The lowest BCUT2D eigenvalue weighted by atomic mass is 10.3. The lowest BCUT2D eigenvalue weighted by Gasteiger charge is -2.02. The van der Waals surface area contributed by atoms with Crippen LogP contribution in [0.1, 0.15) is 10.5 Å². The van der Waals surface area contributed by atoms with Gasteiger partial charge in [0.05, 0.1) is 16.4 Å². The number of ketones is 1. The molecule has 0 aromatic carbocycles. The van der Waals surface area contributed by atoms with Crippen molar-refractivity contribution < 1.29 is 18.0 Å². The minimum absolute atomic E-state index is 0.153. The molecule has 0 bridgehead atoms. The van der Waals surface area contributed by atoms with E-state index in [-0.39, 0.29) is 11.5 Å². The molecule has 18 heavy (non-hydrogen) atoms. The van der Waals surface area contributed by atoms with Crippen molar-refractivity contribution >= 4 is 17.4 Å². The highest BCUT2D eigenvalue weighted by molar-refractivity contribution is 6.30. The Balaban J connectivity index is 2.31. The van der Waals surface area contributed by atoms with Gasteiger partial charge in [-0.2, -0.15) is 13.2 Å². The van der Waals surface area contributed by atoms with Gasteiger partial charge in [0.1, 0.15) is 0 Å². The molecular formula is C10H5ClF3N3O. The topological polar surface area (TPSA) is 58.6 Å². The van der Waals surface area contributed by atoms with E-state index >= 15 is 0 Å². The number of H-pyrrole nitrogens is 1. The molecule has 1 N–H and O–H groups in total. The van der Waals surface area contributed by atoms with Gasteiger partial charge in [-0.05, 0) is 12.1 Å². The average molecular weight is 276 g/mol. The Bertz CT molecular complexity index is 577. The predicted molar refractivity (Wildman–Crippen MR) is 57.2 cm³/mol. The van der Waals surface area contributed by atoms with E-state index in [0.29, 0.717) is 5.02 Å². The molecule has 0 spiro atoms. The van der Waals surface area contributed by atoms with Crippen LogP contribution in [0.3, 0.4) is 0 Å². The van der Waals surface area contributed by atoms with Crippen LogP contribution < -0.4 is 0 Å². The van der Waals surface area contributed by atoms with Gasteiger partial charge in [-0.1, -0.05) is 11.6 Å². The lowest BCUT2D eigenvalue weighted by Crippen LogP contribution is -2.22. The highest BCUT2D eigenvalue weighted by atomic mass is 35.5. The van der Waals surface area contributed by atoms with Crippen LogP contribution in [0.15, 0.2) is 24.5 Å². The summed E-state index contributed by atoms with van der Waals surface area (Å²) < 4.78 is 36.5. The Morgan fingerprint density at radius 1 is 1.22 bits per heavy atom. The number of hydrogen-bond acceptors (Lipinski definition) is 3. The minimum Gasteiger partial charge on any atom is -0.349 e. The molecular weight excluding hydrogens is 271 g/mol. The molecule has 0 fully saturated rings. The van der Waals surface area contributed by atoms with Crippen LogP contribution in [0.2, 0.25) is 5.02 Å². The Morgan fingerprint density at radius 3 is 2.39 bits per heavy atom. The van der Waals surface area contributed by atoms with Crippen molar-refractivity contribution in [2.45, 2.75) is 6.18 Å². The van der Waals surface area contributed by atoms with Crippen LogP contribution in [0.5, 0.6) is 0 Å². The summed E-state index contributed by atoms with van der Waals surface area (Å²) in [4.78, 5) is 20.9. The van der Waals surface area contributed by atoms with Crippen molar-refractivity contribution in [1.29, 1.82) is 0 Å². The van der Waals surface area contributed by atoms with E-state index in [9.17, 15) is 18.0 Å². The third-order valence-corrected chi connectivity index (χ3v) is 2.24. The molecule has 4 nitrogen and oxygen atoms in total. The van der Waals surface area contributed by atoms with Gasteiger partial charge in [-0.25, -0.2) is 9.97 Å². The number of nitrogens with one attached hydrogen (secondary N) is 1. The molecule has 94 valence electrons. The second-order valence-corrected chi connectivity index (χ2v) is 3.77. The molecule has 0 unspecified atom stereocenters. The van der Waals surface area contributed by atoms with Gasteiger partial charge in [0.2, 0.25) is 0 Å². The molecule has 0 aliphatic carbocycles. The summed E-state index contributed by atoms with van der Waals surface area (Å²) in [5.41, 5.74) is -0.352.